The highest BCUT2D eigenvalue weighted by molar-refractivity contribution is 6.53. The first-order chi connectivity index (χ1) is 12.8. The molecule has 0 heterocycles. The lowest BCUT2D eigenvalue weighted by molar-refractivity contribution is 0.396. The van der Waals surface area contributed by atoms with Crippen LogP contribution < -0.4 is 14.9 Å². The van der Waals surface area contributed by atoms with Gasteiger partial charge in [0.25, 0.3) is 0 Å². The van der Waals surface area contributed by atoms with Gasteiger partial charge in [0.1, 0.15) is 5.75 Å². The van der Waals surface area contributed by atoms with Crippen molar-refractivity contribution in [3.05, 3.63) is 78.9 Å². The Bertz CT molecular complexity index is 1210. The Morgan fingerprint density at radius 3 is 2.04 bits per heavy atom. The Morgan fingerprint density at radius 1 is 0.615 bits per heavy atom. The summed E-state index contributed by atoms with van der Waals surface area (Å²) < 4.78 is 11.5. The molecular weight excluding hydrogens is 319 g/mol. The summed E-state index contributed by atoms with van der Waals surface area (Å²) in [4.78, 5) is 0. The molecule has 0 radical (unpaired) electrons. The van der Waals surface area contributed by atoms with E-state index in [4.69, 9.17) is 9.39 Å². The molecule has 0 aliphatic rings. The van der Waals surface area contributed by atoms with Gasteiger partial charge in [-0.1, -0.05) is 66.7 Å². The molecule has 2 nitrogen and oxygen atoms in total. The van der Waals surface area contributed by atoms with Crippen LogP contribution in [0, 0.1) is 0 Å². The SMILES string of the molecule is COc1ccccc1OBc1ccc2ccc3cccc4ccc1c2c34. The average Bonchev–Trinajstić information content (AvgIpc) is 2.71. The van der Waals surface area contributed by atoms with Gasteiger partial charge in [-0.3, -0.25) is 0 Å². The highest BCUT2D eigenvalue weighted by Gasteiger charge is 2.13. The first-order valence-corrected chi connectivity index (χ1v) is 8.76. The molecule has 0 atom stereocenters. The van der Waals surface area contributed by atoms with E-state index in [0.717, 1.165) is 11.5 Å². The molecule has 0 amide bonds. The molecule has 26 heavy (non-hydrogen) atoms. The number of ether oxygens (including phenoxy) is 1. The van der Waals surface area contributed by atoms with E-state index in [1.54, 1.807) is 7.11 Å². The van der Waals surface area contributed by atoms with Crippen molar-refractivity contribution in [3.63, 3.8) is 0 Å². The Kier molecular flexibility index (Phi) is 3.46. The number of para-hydroxylation sites is 2. The fourth-order valence-corrected chi connectivity index (χ4v) is 3.82. The molecule has 0 bridgehead atoms. The summed E-state index contributed by atoms with van der Waals surface area (Å²) in [6, 6.07) is 27.4. The van der Waals surface area contributed by atoms with Crippen molar-refractivity contribution in [2.75, 3.05) is 7.11 Å². The molecule has 0 unspecified atom stereocenters. The van der Waals surface area contributed by atoms with Crippen LogP contribution in [0.3, 0.4) is 0 Å². The molecule has 0 saturated heterocycles. The number of benzene rings is 5. The molecule has 5 aromatic carbocycles. The van der Waals surface area contributed by atoms with Gasteiger partial charge >= 0.3 is 7.48 Å². The summed E-state index contributed by atoms with van der Waals surface area (Å²) in [5.41, 5.74) is 1.18. The minimum Gasteiger partial charge on any atom is -0.557 e. The van der Waals surface area contributed by atoms with Crippen LogP contribution in [0.1, 0.15) is 0 Å². The van der Waals surface area contributed by atoms with Gasteiger partial charge in [0.2, 0.25) is 0 Å². The van der Waals surface area contributed by atoms with Crippen LogP contribution >= 0.6 is 0 Å². The van der Waals surface area contributed by atoms with Gasteiger partial charge in [0.15, 0.2) is 5.75 Å². The molecule has 0 spiro atoms. The van der Waals surface area contributed by atoms with E-state index in [0.29, 0.717) is 7.48 Å². The quantitative estimate of drug-likeness (QED) is 0.351. The van der Waals surface area contributed by atoms with Gasteiger partial charge in [-0.15, -0.1) is 0 Å². The molecular formula is C23H17BO2. The van der Waals surface area contributed by atoms with Crippen molar-refractivity contribution in [2.45, 2.75) is 0 Å². The van der Waals surface area contributed by atoms with E-state index in [-0.39, 0.29) is 0 Å². The molecule has 0 fully saturated rings. The van der Waals surface area contributed by atoms with Gasteiger partial charge in [-0.05, 0) is 49.9 Å². The van der Waals surface area contributed by atoms with Crippen LogP contribution in [0.2, 0.25) is 0 Å². The summed E-state index contributed by atoms with van der Waals surface area (Å²) in [6.07, 6.45) is 0. The summed E-state index contributed by atoms with van der Waals surface area (Å²) >= 11 is 0. The van der Waals surface area contributed by atoms with Crippen LogP contribution in [-0.2, 0) is 0 Å². The maximum atomic E-state index is 6.08. The maximum Gasteiger partial charge on any atom is 0.374 e. The third-order valence-corrected chi connectivity index (χ3v) is 5.07. The fraction of sp³-hybridized carbons (Fsp3) is 0.0435. The van der Waals surface area contributed by atoms with Crippen LogP contribution in [0.25, 0.3) is 32.3 Å². The maximum absolute atomic E-state index is 6.08. The van der Waals surface area contributed by atoms with Crippen LogP contribution in [0.4, 0.5) is 0 Å². The summed E-state index contributed by atoms with van der Waals surface area (Å²) in [5, 5.41) is 7.74. The van der Waals surface area contributed by atoms with Crippen molar-refractivity contribution >= 4 is 45.3 Å². The van der Waals surface area contributed by atoms with Gasteiger partial charge in [0, 0.05) is 0 Å². The summed E-state index contributed by atoms with van der Waals surface area (Å²) in [5.74, 6) is 1.52. The number of methoxy groups -OCH3 is 1. The monoisotopic (exact) mass is 336 g/mol. The van der Waals surface area contributed by atoms with E-state index < -0.39 is 0 Å². The predicted molar refractivity (Wildman–Crippen MR) is 111 cm³/mol. The minimum absolute atomic E-state index is 0.508. The largest absolute Gasteiger partial charge is 0.557 e. The van der Waals surface area contributed by atoms with Crippen molar-refractivity contribution < 1.29 is 9.39 Å². The smallest absolute Gasteiger partial charge is 0.374 e. The highest BCUT2D eigenvalue weighted by Crippen LogP contribution is 2.33. The fourth-order valence-electron chi connectivity index (χ4n) is 3.82. The third-order valence-electron chi connectivity index (χ3n) is 5.07. The molecule has 3 heteroatoms. The van der Waals surface area contributed by atoms with Crippen molar-refractivity contribution in [1.82, 2.24) is 0 Å². The van der Waals surface area contributed by atoms with Crippen molar-refractivity contribution in [2.24, 2.45) is 0 Å². The lowest BCUT2D eigenvalue weighted by atomic mass is 9.81. The first-order valence-electron chi connectivity index (χ1n) is 8.76. The van der Waals surface area contributed by atoms with Crippen LogP contribution in [0.5, 0.6) is 11.5 Å². The lowest BCUT2D eigenvalue weighted by Crippen LogP contribution is -2.21. The topological polar surface area (TPSA) is 18.5 Å². The molecule has 5 rings (SSSR count). The number of hydrogen-bond donors (Lipinski definition) is 0. The molecule has 124 valence electrons. The van der Waals surface area contributed by atoms with Crippen molar-refractivity contribution in [3.8, 4) is 11.5 Å². The van der Waals surface area contributed by atoms with E-state index in [1.165, 1.54) is 37.8 Å². The predicted octanol–water partition coefficient (Wildman–Crippen LogP) is 4.65. The molecule has 0 saturated carbocycles. The van der Waals surface area contributed by atoms with E-state index >= 15 is 0 Å². The van der Waals surface area contributed by atoms with Gasteiger partial charge < -0.3 is 9.39 Å². The Balaban J connectivity index is 1.64. The van der Waals surface area contributed by atoms with Crippen molar-refractivity contribution in [1.29, 1.82) is 0 Å². The second kappa shape index (κ2) is 5.96. The molecule has 0 aliphatic heterocycles. The minimum atomic E-state index is 0.508. The Morgan fingerprint density at radius 2 is 1.27 bits per heavy atom. The molecule has 0 aromatic heterocycles. The zero-order valence-electron chi connectivity index (χ0n) is 14.5. The highest BCUT2D eigenvalue weighted by atomic mass is 16.5. The summed E-state index contributed by atoms with van der Waals surface area (Å²) in [6.45, 7) is 0. The van der Waals surface area contributed by atoms with Gasteiger partial charge in [-0.25, -0.2) is 0 Å². The molecule has 0 N–H and O–H groups in total. The standard InChI is InChI=1S/C23H17BO2/c1-25-20-7-2-3-8-21(20)26-24-19-14-12-17-10-9-15-5-4-6-16-11-13-18(19)23(17)22(15)16/h2-14,24H,1H3. The normalized spacial score (nSPS) is 11.3. The van der Waals surface area contributed by atoms with Crippen LogP contribution in [-0.4, -0.2) is 14.6 Å². The zero-order valence-corrected chi connectivity index (χ0v) is 14.5. The third kappa shape index (κ3) is 2.28. The molecule has 5 aromatic rings. The Labute approximate surface area is 152 Å². The summed E-state index contributed by atoms with van der Waals surface area (Å²) in [7, 11) is 2.17. The van der Waals surface area contributed by atoms with E-state index in [2.05, 4.69) is 54.6 Å². The zero-order chi connectivity index (χ0) is 17.5. The first kappa shape index (κ1) is 15.1. The Hall–Kier alpha value is -3.20. The lowest BCUT2D eigenvalue weighted by Gasteiger charge is -2.14. The second-order valence-electron chi connectivity index (χ2n) is 6.52. The average molecular weight is 336 g/mol. The second-order valence-corrected chi connectivity index (χ2v) is 6.52. The van der Waals surface area contributed by atoms with Crippen LogP contribution in [0.15, 0.2) is 78.9 Å². The molecule has 0 aliphatic carbocycles. The van der Waals surface area contributed by atoms with E-state index in [9.17, 15) is 0 Å². The number of hydrogen-bond acceptors (Lipinski definition) is 2. The van der Waals surface area contributed by atoms with Gasteiger partial charge in [0.05, 0.1) is 7.11 Å². The van der Waals surface area contributed by atoms with E-state index in [1.807, 2.05) is 24.3 Å². The number of rotatable bonds is 4. The van der Waals surface area contributed by atoms with Gasteiger partial charge in [-0.2, -0.15) is 0 Å².